The van der Waals surface area contributed by atoms with E-state index < -0.39 is 17.8 Å². The third kappa shape index (κ3) is 5.32. The molecule has 2 fully saturated rings. The van der Waals surface area contributed by atoms with Gasteiger partial charge in [0.15, 0.2) is 0 Å². The van der Waals surface area contributed by atoms with Crippen molar-refractivity contribution < 1.29 is 23.5 Å². The summed E-state index contributed by atoms with van der Waals surface area (Å²) in [4.78, 5) is 41.4. The van der Waals surface area contributed by atoms with E-state index in [9.17, 15) is 18.8 Å². The molecule has 29 heavy (non-hydrogen) atoms. The number of rotatable bonds is 5. The quantitative estimate of drug-likeness (QED) is 0.804. The monoisotopic (exact) mass is 405 g/mol. The second kappa shape index (κ2) is 9.82. The fourth-order valence-electron chi connectivity index (χ4n) is 3.89. The molecule has 0 radical (unpaired) electrons. The van der Waals surface area contributed by atoms with Gasteiger partial charge < -0.3 is 19.9 Å². The number of piperidine rings is 1. The predicted octanol–water partition coefficient (Wildman–Crippen LogP) is 1.43. The number of nitrogens with one attached hydrogen (secondary N) is 1. The van der Waals surface area contributed by atoms with E-state index >= 15 is 0 Å². The van der Waals surface area contributed by atoms with E-state index in [1.165, 1.54) is 24.3 Å². The van der Waals surface area contributed by atoms with Crippen LogP contribution in [0.15, 0.2) is 24.3 Å². The van der Waals surface area contributed by atoms with Crippen molar-refractivity contribution in [3.05, 3.63) is 35.6 Å². The third-order valence-electron chi connectivity index (χ3n) is 5.65. The number of carbonyl (C=O) groups is 3. The molecule has 1 unspecified atom stereocenters. The number of carbonyl (C=O) groups excluding carboxylic acids is 3. The van der Waals surface area contributed by atoms with E-state index in [-0.39, 0.29) is 17.7 Å². The molecule has 0 aromatic heterocycles. The minimum absolute atomic E-state index is 0.0596. The Labute approximate surface area is 170 Å². The maximum absolute atomic E-state index is 13.2. The van der Waals surface area contributed by atoms with Crippen molar-refractivity contribution in [2.24, 2.45) is 5.92 Å². The highest BCUT2D eigenvalue weighted by molar-refractivity contribution is 5.97. The van der Waals surface area contributed by atoms with Crippen LogP contribution in [-0.2, 0) is 14.3 Å². The molecule has 2 heterocycles. The molecule has 1 atom stereocenters. The third-order valence-corrected chi connectivity index (χ3v) is 5.65. The van der Waals surface area contributed by atoms with Crippen LogP contribution in [0.1, 0.15) is 36.5 Å². The summed E-state index contributed by atoms with van der Waals surface area (Å²) in [7, 11) is 0. The summed E-state index contributed by atoms with van der Waals surface area (Å²) >= 11 is 0. The number of morpholine rings is 1. The number of hydrogen-bond donors (Lipinski definition) is 1. The van der Waals surface area contributed by atoms with Crippen LogP contribution in [0.25, 0.3) is 0 Å². The standard InChI is InChI=1S/C21H28FN3O4/c1-2-18(26)24-9-7-15(8-10-24)19(21(28)25-11-13-29-14-12-25)23-20(27)16-3-5-17(22)6-4-16/h3-6,15,19H,2,7-14H2,1H3,(H,23,27). The molecule has 158 valence electrons. The number of hydrogen-bond acceptors (Lipinski definition) is 4. The van der Waals surface area contributed by atoms with Gasteiger partial charge in [0.1, 0.15) is 11.9 Å². The van der Waals surface area contributed by atoms with Gasteiger partial charge in [-0.15, -0.1) is 0 Å². The molecule has 8 heteroatoms. The lowest BCUT2D eigenvalue weighted by molar-refractivity contribution is -0.139. The molecule has 1 N–H and O–H groups in total. The Balaban J connectivity index is 1.72. The first-order valence-electron chi connectivity index (χ1n) is 10.2. The number of benzene rings is 1. The molecule has 2 saturated heterocycles. The predicted molar refractivity (Wildman–Crippen MR) is 105 cm³/mol. The van der Waals surface area contributed by atoms with E-state index in [2.05, 4.69) is 5.32 Å². The van der Waals surface area contributed by atoms with Gasteiger partial charge in [0.05, 0.1) is 13.2 Å². The summed E-state index contributed by atoms with van der Waals surface area (Å²) in [5.41, 5.74) is 0.310. The highest BCUT2D eigenvalue weighted by atomic mass is 19.1. The first-order chi connectivity index (χ1) is 14.0. The van der Waals surface area contributed by atoms with E-state index in [1.807, 2.05) is 11.8 Å². The molecule has 1 aromatic rings. The lowest BCUT2D eigenvalue weighted by atomic mass is 9.88. The van der Waals surface area contributed by atoms with Gasteiger partial charge in [-0.3, -0.25) is 14.4 Å². The number of ether oxygens (including phenoxy) is 1. The van der Waals surface area contributed by atoms with Crippen LogP contribution in [0, 0.1) is 11.7 Å². The minimum Gasteiger partial charge on any atom is -0.378 e. The summed E-state index contributed by atoms with van der Waals surface area (Å²) in [5.74, 6) is -0.895. The van der Waals surface area contributed by atoms with Gasteiger partial charge in [-0.25, -0.2) is 4.39 Å². The summed E-state index contributed by atoms with van der Waals surface area (Å²) < 4.78 is 18.5. The van der Waals surface area contributed by atoms with Crippen molar-refractivity contribution in [2.75, 3.05) is 39.4 Å². The van der Waals surface area contributed by atoms with Gasteiger partial charge in [0.2, 0.25) is 11.8 Å². The zero-order chi connectivity index (χ0) is 20.8. The Morgan fingerprint density at radius 1 is 1.07 bits per heavy atom. The first-order valence-corrected chi connectivity index (χ1v) is 10.2. The lowest BCUT2D eigenvalue weighted by Gasteiger charge is -2.38. The Kier molecular flexibility index (Phi) is 7.19. The van der Waals surface area contributed by atoms with E-state index in [4.69, 9.17) is 4.74 Å². The fraction of sp³-hybridized carbons (Fsp3) is 0.571. The second-order valence-corrected chi connectivity index (χ2v) is 7.47. The van der Waals surface area contributed by atoms with E-state index in [1.54, 1.807) is 4.90 Å². The Morgan fingerprint density at radius 2 is 1.69 bits per heavy atom. The summed E-state index contributed by atoms with van der Waals surface area (Å²) in [6.07, 6.45) is 1.76. The summed E-state index contributed by atoms with van der Waals surface area (Å²) in [6.45, 7) is 4.95. The van der Waals surface area contributed by atoms with Crippen LogP contribution in [0.3, 0.4) is 0 Å². The van der Waals surface area contributed by atoms with Gasteiger partial charge >= 0.3 is 0 Å². The number of nitrogens with zero attached hydrogens (tertiary/aromatic N) is 2. The Bertz CT molecular complexity index is 726. The van der Waals surface area contributed by atoms with Crippen molar-refractivity contribution in [3.8, 4) is 0 Å². The molecule has 0 saturated carbocycles. The van der Waals surface area contributed by atoms with Crippen LogP contribution in [0.4, 0.5) is 4.39 Å². The molecule has 3 amide bonds. The maximum atomic E-state index is 13.2. The lowest BCUT2D eigenvalue weighted by Crippen LogP contribution is -2.56. The van der Waals surface area contributed by atoms with Crippen molar-refractivity contribution in [1.29, 1.82) is 0 Å². The van der Waals surface area contributed by atoms with Crippen LogP contribution in [0.5, 0.6) is 0 Å². The first kappa shape index (κ1) is 21.2. The molecule has 1 aromatic carbocycles. The highest BCUT2D eigenvalue weighted by Crippen LogP contribution is 2.23. The van der Waals surface area contributed by atoms with E-state index in [0.717, 1.165) is 0 Å². The smallest absolute Gasteiger partial charge is 0.251 e. The maximum Gasteiger partial charge on any atom is 0.251 e. The number of amides is 3. The van der Waals surface area contributed by atoms with Crippen molar-refractivity contribution in [3.63, 3.8) is 0 Å². The Morgan fingerprint density at radius 3 is 2.28 bits per heavy atom. The number of likely N-dealkylation sites (tertiary alicyclic amines) is 1. The van der Waals surface area contributed by atoms with Crippen molar-refractivity contribution in [1.82, 2.24) is 15.1 Å². The topological polar surface area (TPSA) is 79.0 Å². The molecule has 7 nitrogen and oxygen atoms in total. The van der Waals surface area contributed by atoms with Crippen LogP contribution in [-0.4, -0.2) is 73.0 Å². The molecule has 0 aliphatic carbocycles. The van der Waals surface area contributed by atoms with Crippen LogP contribution in [0.2, 0.25) is 0 Å². The van der Waals surface area contributed by atoms with Gasteiger partial charge in [0.25, 0.3) is 5.91 Å². The van der Waals surface area contributed by atoms with Gasteiger partial charge in [-0.2, -0.15) is 0 Å². The van der Waals surface area contributed by atoms with Crippen molar-refractivity contribution in [2.45, 2.75) is 32.2 Å². The van der Waals surface area contributed by atoms with E-state index in [0.29, 0.717) is 64.2 Å². The Hall–Kier alpha value is -2.48. The van der Waals surface area contributed by atoms with Gasteiger partial charge in [0, 0.05) is 38.2 Å². The summed E-state index contributed by atoms with van der Waals surface area (Å²) in [5, 5.41) is 2.88. The SMILES string of the molecule is CCC(=O)N1CCC(C(NC(=O)c2ccc(F)cc2)C(=O)N2CCOCC2)CC1. The molecule has 3 rings (SSSR count). The molecule has 0 bridgehead atoms. The average Bonchev–Trinajstić information content (AvgIpc) is 2.77. The largest absolute Gasteiger partial charge is 0.378 e. The summed E-state index contributed by atoms with van der Waals surface area (Å²) in [6, 6.07) is 4.59. The number of halogens is 1. The van der Waals surface area contributed by atoms with Crippen LogP contribution < -0.4 is 5.32 Å². The molecular weight excluding hydrogens is 377 g/mol. The van der Waals surface area contributed by atoms with Crippen molar-refractivity contribution >= 4 is 17.7 Å². The molecule has 2 aliphatic rings. The van der Waals surface area contributed by atoms with Gasteiger partial charge in [-0.1, -0.05) is 6.92 Å². The average molecular weight is 405 g/mol. The van der Waals surface area contributed by atoms with Gasteiger partial charge in [-0.05, 0) is 43.0 Å². The zero-order valence-corrected chi connectivity index (χ0v) is 16.7. The van der Waals surface area contributed by atoms with Crippen LogP contribution >= 0.6 is 0 Å². The normalized spacial score (nSPS) is 19.0. The zero-order valence-electron chi connectivity index (χ0n) is 16.7. The highest BCUT2D eigenvalue weighted by Gasteiger charge is 2.36. The minimum atomic E-state index is -0.676. The second-order valence-electron chi connectivity index (χ2n) is 7.47. The molecule has 2 aliphatic heterocycles. The fourth-order valence-corrected chi connectivity index (χ4v) is 3.89. The molecular formula is C21H28FN3O4. The molecule has 0 spiro atoms.